The number of alkyl halides is 1. The van der Waals surface area contributed by atoms with Gasteiger partial charge >= 0.3 is 0 Å². The molecule has 1 aliphatic carbocycles. The molecule has 12 heavy (non-hydrogen) atoms. The van der Waals surface area contributed by atoms with E-state index in [4.69, 9.17) is 4.74 Å². The highest BCUT2D eigenvalue weighted by Crippen LogP contribution is 2.22. The molecular weight excluding hydrogens is 157 g/mol. The Balaban J connectivity index is 1.82. The van der Waals surface area contributed by atoms with Crippen LogP contribution in [0.4, 0.5) is 4.39 Å². The maximum atomic E-state index is 12.7. The van der Waals surface area contributed by atoms with Crippen molar-refractivity contribution >= 4 is 0 Å². The van der Waals surface area contributed by atoms with Crippen molar-refractivity contribution in [3.05, 3.63) is 0 Å². The van der Waals surface area contributed by atoms with Crippen LogP contribution in [-0.2, 0) is 4.74 Å². The quantitative estimate of drug-likeness (QED) is 0.618. The Labute approximate surface area is 73.5 Å². The summed E-state index contributed by atoms with van der Waals surface area (Å²) in [5.74, 6) is 0. The van der Waals surface area contributed by atoms with Gasteiger partial charge in [-0.2, -0.15) is 0 Å². The van der Waals surface area contributed by atoms with Crippen molar-refractivity contribution in [2.75, 3.05) is 19.8 Å². The topological polar surface area (TPSA) is 21.3 Å². The number of hydrogen-bond donors (Lipinski definition) is 1. The summed E-state index contributed by atoms with van der Waals surface area (Å²) in [7, 11) is 0. The Kier molecular flexibility index (Phi) is 4.54. The molecule has 1 saturated carbocycles. The minimum Gasteiger partial charge on any atom is -0.382 e. The van der Waals surface area contributed by atoms with Crippen LogP contribution in [0.1, 0.15) is 26.2 Å². The molecular formula is C9H18FNO. The summed E-state index contributed by atoms with van der Waals surface area (Å²) in [5, 5.41) is 3.17. The zero-order chi connectivity index (χ0) is 8.81. The third kappa shape index (κ3) is 3.07. The van der Waals surface area contributed by atoms with Crippen LogP contribution in [-0.4, -0.2) is 32.0 Å². The van der Waals surface area contributed by atoms with E-state index in [1.807, 2.05) is 6.92 Å². The molecule has 2 unspecified atom stereocenters. The van der Waals surface area contributed by atoms with Gasteiger partial charge < -0.3 is 10.1 Å². The van der Waals surface area contributed by atoms with Crippen molar-refractivity contribution in [1.82, 2.24) is 5.32 Å². The molecule has 0 spiro atoms. The minimum absolute atomic E-state index is 0.131. The summed E-state index contributed by atoms with van der Waals surface area (Å²) in [5.41, 5.74) is 0. The van der Waals surface area contributed by atoms with E-state index >= 15 is 0 Å². The van der Waals surface area contributed by atoms with Gasteiger partial charge in [0.05, 0.1) is 0 Å². The highest BCUT2D eigenvalue weighted by Gasteiger charge is 2.29. The van der Waals surface area contributed by atoms with Gasteiger partial charge in [0.1, 0.15) is 6.17 Å². The van der Waals surface area contributed by atoms with E-state index in [0.717, 1.165) is 39.0 Å². The van der Waals surface area contributed by atoms with E-state index in [0.29, 0.717) is 0 Å². The molecule has 0 heterocycles. The van der Waals surface area contributed by atoms with E-state index in [1.165, 1.54) is 0 Å². The molecule has 0 aliphatic heterocycles. The van der Waals surface area contributed by atoms with Crippen molar-refractivity contribution in [3.63, 3.8) is 0 Å². The number of nitrogens with one attached hydrogen (secondary N) is 1. The standard InChI is InChI=1S/C9H18FNO/c1-2-12-7-3-6-11-9-5-4-8(9)10/h8-9,11H,2-7H2,1H3. The first kappa shape index (κ1) is 9.93. The van der Waals surface area contributed by atoms with E-state index in [2.05, 4.69) is 5.32 Å². The second-order valence-corrected chi connectivity index (χ2v) is 3.20. The molecule has 0 amide bonds. The van der Waals surface area contributed by atoms with Gasteiger partial charge in [0.15, 0.2) is 0 Å². The fourth-order valence-corrected chi connectivity index (χ4v) is 1.30. The monoisotopic (exact) mass is 175 g/mol. The molecule has 1 aliphatic rings. The van der Waals surface area contributed by atoms with E-state index in [9.17, 15) is 4.39 Å². The molecule has 1 fully saturated rings. The molecule has 2 nitrogen and oxygen atoms in total. The summed E-state index contributed by atoms with van der Waals surface area (Å²) in [4.78, 5) is 0. The number of hydrogen-bond acceptors (Lipinski definition) is 2. The third-order valence-corrected chi connectivity index (χ3v) is 2.27. The highest BCUT2D eigenvalue weighted by atomic mass is 19.1. The maximum absolute atomic E-state index is 12.7. The van der Waals surface area contributed by atoms with Gasteiger partial charge in [-0.25, -0.2) is 4.39 Å². The Hall–Kier alpha value is -0.150. The molecule has 0 radical (unpaired) electrons. The molecule has 2 atom stereocenters. The van der Waals surface area contributed by atoms with Crippen molar-refractivity contribution in [3.8, 4) is 0 Å². The lowest BCUT2D eigenvalue weighted by molar-refractivity contribution is 0.125. The molecule has 0 aromatic carbocycles. The molecule has 72 valence electrons. The summed E-state index contributed by atoms with van der Waals surface area (Å²) in [6.45, 7) is 4.42. The Morgan fingerprint density at radius 1 is 1.50 bits per heavy atom. The lowest BCUT2D eigenvalue weighted by atomic mass is 9.90. The largest absolute Gasteiger partial charge is 0.382 e. The molecule has 1 rings (SSSR count). The van der Waals surface area contributed by atoms with Crippen molar-refractivity contribution in [2.24, 2.45) is 0 Å². The summed E-state index contributed by atoms with van der Waals surface area (Å²) < 4.78 is 17.8. The van der Waals surface area contributed by atoms with Crippen molar-refractivity contribution < 1.29 is 9.13 Å². The van der Waals surface area contributed by atoms with Crippen LogP contribution in [0.2, 0.25) is 0 Å². The Morgan fingerprint density at radius 3 is 2.83 bits per heavy atom. The maximum Gasteiger partial charge on any atom is 0.115 e. The van der Waals surface area contributed by atoms with Crippen LogP contribution in [0.5, 0.6) is 0 Å². The minimum atomic E-state index is -0.600. The van der Waals surface area contributed by atoms with Gasteiger partial charge in [-0.1, -0.05) is 0 Å². The first-order valence-electron chi connectivity index (χ1n) is 4.79. The third-order valence-electron chi connectivity index (χ3n) is 2.27. The summed E-state index contributed by atoms with van der Waals surface area (Å²) in [6, 6.07) is 0.131. The van der Waals surface area contributed by atoms with Gasteiger partial charge in [0.2, 0.25) is 0 Å². The molecule has 0 bridgehead atoms. The SMILES string of the molecule is CCOCCCNC1CCC1F. The van der Waals surface area contributed by atoms with Gasteiger partial charge in [-0.3, -0.25) is 0 Å². The average Bonchev–Trinajstić information content (AvgIpc) is 2.08. The molecule has 0 aromatic heterocycles. The first-order chi connectivity index (χ1) is 5.84. The fourth-order valence-electron chi connectivity index (χ4n) is 1.30. The van der Waals surface area contributed by atoms with Crippen LogP contribution in [0.3, 0.4) is 0 Å². The number of halogens is 1. The van der Waals surface area contributed by atoms with E-state index in [-0.39, 0.29) is 6.04 Å². The molecule has 0 aromatic rings. The average molecular weight is 175 g/mol. The van der Waals surface area contributed by atoms with Crippen LogP contribution < -0.4 is 5.32 Å². The zero-order valence-electron chi connectivity index (χ0n) is 7.68. The highest BCUT2D eigenvalue weighted by molar-refractivity contribution is 4.86. The Morgan fingerprint density at radius 2 is 2.33 bits per heavy atom. The van der Waals surface area contributed by atoms with Crippen LogP contribution in [0, 0.1) is 0 Å². The Bertz CT molecular complexity index is 121. The molecule has 1 N–H and O–H groups in total. The van der Waals surface area contributed by atoms with E-state index in [1.54, 1.807) is 0 Å². The van der Waals surface area contributed by atoms with Crippen molar-refractivity contribution in [2.45, 2.75) is 38.4 Å². The van der Waals surface area contributed by atoms with Gasteiger partial charge in [0, 0.05) is 19.3 Å². The molecule has 0 saturated heterocycles. The predicted octanol–water partition coefficient (Wildman–Crippen LogP) is 1.50. The zero-order valence-corrected chi connectivity index (χ0v) is 7.68. The van der Waals surface area contributed by atoms with Crippen LogP contribution in [0.15, 0.2) is 0 Å². The van der Waals surface area contributed by atoms with E-state index < -0.39 is 6.17 Å². The molecule has 3 heteroatoms. The second kappa shape index (κ2) is 5.49. The van der Waals surface area contributed by atoms with Gasteiger partial charge in [-0.15, -0.1) is 0 Å². The van der Waals surface area contributed by atoms with Crippen LogP contribution >= 0.6 is 0 Å². The number of rotatable bonds is 6. The number of ether oxygens (including phenoxy) is 1. The fraction of sp³-hybridized carbons (Fsp3) is 1.00. The lowest BCUT2D eigenvalue weighted by Gasteiger charge is -2.31. The van der Waals surface area contributed by atoms with Crippen LogP contribution in [0.25, 0.3) is 0 Å². The predicted molar refractivity (Wildman–Crippen MR) is 47.0 cm³/mol. The van der Waals surface area contributed by atoms with Crippen molar-refractivity contribution in [1.29, 1.82) is 0 Å². The van der Waals surface area contributed by atoms with Gasteiger partial charge in [-0.05, 0) is 32.7 Å². The first-order valence-corrected chi connectivity index (χ1v) is 4.79. The summed E-state index contributed by atoms with van der Waals surface area (Å²) >= 11 is 0. The smallest absolute Gasteiger partial charge is 0.115 e. The summed E-state index contributed by atoms with van der Waals surface area (Å²) in [6.07, 6.45) is 2.12. The second-order valence-electron chi connectivity index (χ2n) is 3.20. The van der Waals surface area contributed by atoms with Gasteiger partial charge in [0.25, 0.3) is 0 Å². The lowest BCUT2D eigenvalue weighted by Crippen LogP contribution is -2.45. The normalized spacial score (nSPS) is 28.5.